The Morgan fingerprint density at radius 1 is 1.57 bits per heavy atom. The molecule has 1 N–H and O–H groups in total. The van der Waals surface area contributed by atoms with Gasteiger partial charge in [-0.15, -0.1) is 0 Å². The molecule has 4 heteroatoms. The van der Waals surface area contributed by atoms with E-state index < -0.39 is 5.97 Å². The highest BCUT2D eigenvalue weighted by Crippen LogP contribution is 2.25. The Hall–Kier alpha value is -1.35. The lowest BCUT2D eigenvalue weighted by Gasteiger charge is -2.04. The molecule has 0 aliphatic carbocycles. The van der Waals surface area contributed by atoms with E-state index in [1.807, 2.05) is 6.92 Å². The number of aryl methyl sites for hydroxylation is 1. The van der Waals surface area contributed by atoms with Crippen LogP contribution in [0.3, 0.4) is 0 Å². The van der Waals surface area contributed by atoms with E-state index in [1.165, 1.54) is 0 Å². The summed E-state index contributed by atoms with van der Waals surface area (Å²) < 4.78 is 0. The van der Waals surface area contributed by atoms with Gasteiger partial charge in [-0.1, -0.05) is 11.6 Å². The normalized spacial score (nSPS) is 13.7. The first kappa shape index (κ1) is 9.21. The third kappa shape index (κ3) is 1.30. The number of carbonyl (C=O) groups is 1. The highest BCUT2D eigenvalue weighted by atomic mass is 35.5. The maximum absolute atomic E-state index is 10.8. The summed E-state index contributed by atoms with van der Waals surface area (Å²) in [5.41, 5.74) is 2.97. The van der Waals surface area contributed by atoms with Gasteiger partial charge in [-0.25, -0.2) is 4.79 Å². The van der Waals surface area contributed by atoms with Gasteiger partial charge in [-0.05, 0) is 30.2 Å². The number of aliphatic imine (C=N–C) groups is 1. The second-order valence-electron chi connectivity index (χ2n) is 3.23. The Kier molecular flexibility index (Phi) is 2.04. The Labute approximate surface area is 86.0 Å². The van der Waals surface area contributed by atoms with Crippen LogP contribution in [-0.2, 0) is 6.54 Å². The lowest BCUT2D eigenvalue weighted by atomic mass is 10.0. The number of carboxylic acid groups (broad SMARTS) is 1. The van der Waals surface area contributed by atoms with Gasteiger partial charge in [-0.2, -0.15) is 0 Å². The van der Waals surface area contributed by atoms with Gasteiger partial charge in [0.15, 0.2) is 0 Å². The highest BCUT2D eigenvalue weighted by molar-refractivity contribution is 6.70. The smallest absolute Gasteiger partial charge is 0.335 e. The van der Waals surface area contributed by atoms with Crippen LogP contribution in [0.25, 0.3) is 0 Å². The standard InChI is InChI=1S/C10H8ClNO2/c1-5-2-6(10(13)14)3-7-8(5)4-12-9(7)11/h2-3H,4H2,1H3,(H,13,14). The van der Waals surface area contributed by atoms with Crippen LogP contribution in [-0.4, -0.2) is 16.2 Å². The van der Waals surface area contributed by atoms with E-state index in [1.54, 1.807) is 12.1 Å². The van der Waals surface area contributed by atoms with Gasteiger partial charge in [0.1, 0.15) is 5.17 Å². The molecule has 0 fully saturated rings. The summed E-state index contributed by atoms with van der Waals surface area (Å²) in [7, 11) is 0. The Bertz CT molecular complexity index is 452. The quantitative estimate of drug-likeness (QED) is 0.771. The lowest BCUT2D eigenvalue weighted by molar-refractivity contribution is 0.0697. The summed E-state index contributed by atoms with van der Waals surface area (Å²) in [6, 6.07) is 3.22. The van der Waals surface area contributed by atoms with E-state index in [4.69, 9.17) is 16.7 Å². The molecule has 0 amide bonds. The molecule has 0 saturated carbocycles. The molecule has 14 heavy (non-hydrogen) atoms. The van der Waals surface area contributed by atoms with Crippen LogP contribution < -0.4 is 0 Å². The second kappa shape index (κ2) is 3.10. The largest absolute Gasteiger partial charge is 0.478 e. The van der Waals surface area contributed by atoms with Crippen molar-refractivity contribution in [3.8, 4) is 0 Å². The molecule has 72 valence electrons. The number of fused-ring (bicyclic) bond motifs is 1. The molecule has 1 aromatic carbocycles. The van der Waals surface area contributed by atoms with Gasteiger partial charge in [-0.3, -0.25) is 4.99 Å². The third-order valence-corrected chi connectivity index (χ3v) is 2.64. The van der Waals surface area contributed by atoms with Crippen molar-refractivity contribution in [3.05, 3.63) is 34.4 Å². The average molecular weight is 210 g/mol. The minimum Gasteiger partial charge on any atom is -0.478 e. The summed E-state index contributed by atoms with van der Waals surface area (Å²) in [5.74, 6) is -0.938. The van der Waals surface area contributed by atoms with Gasteiger partial charge in [0.05, 0.1) is 12.1 Å². The van der Waals surface area contributed by atoms with Crippen molar-refractivity contribution in [2.24, 2.45) is 4.99 Å². The zero-order valence-corrected chi connectivity index (χ0v) is 8.30. The fourth-order valence-corrected chi connectivity index (χ4v) is 1.80. The summed E-state index contributed by atoms with van der Waals surface area (Å²) in [6.07, 6.45) is 0. The van der Waals surface area contributed by atoms with Crippen LogP contribution in [0.2, 0.25) is 0 Å². The molecule has 1 heterocycles. The highest BCUT2D eigenvalue weighted by Gasteiger charge is 2.18. The first-order valence-electron chi connectivity index (χ1n) is 4.16. The van der Waals surface area contributed by atoms with Crippen molar-refractivity contribution in [1.29, 1.82) is 0 Å². The van der Waals surface area contributed by atoms with Crippen molar-refractivity contribution >= 4 is 22.7 Å². The van der Waals surface area contributed by atoms with Gasteiger partial charge >= 0.3 is 5.97 Å². The molecular formula is C10H8ClNO2. The van der Waals surface area contributed by atoms with Crippen molar-refractivity contribution in [3.63, 3.8) is 0 Å². The fourth-order valence-electron chi connectivity index (χ4n) is 1.57. The molecule has 2 rings (SSSR count). The molecule has 0 spiro atoms. The van der Waals surface area contributed by atoms with Crippen LogP contribution in [0.1, 0.15) is 27.0 Å². The van der Waals surface area contributed by atoms with Crippen LogP contribution in [0, 0.1) is 6.92 Å². The summed E-state index contributed by atoms with van der Waals surface area (Å²) >= 11 is 5.85. The SMILES string of the molecule is Cc1cc(C(=O)O)cc2c1CN=C2Cl. The minimum absolute atomic E-state index is 0.261. The molecular weight excluding hydrogens is 202 g/mol. The predicted molar refractivity (Wildman–Crippen MR) is 54.2 cm³/mol. The maximum Gasteiger partial charge on any atom is 0.335 e. The topological polar surface area (TPSA) is 49.7 Å². The van der Waals surface area contributed by atoms with Gasteiger partial charge < -0.3 is 5.11 Å². The van der Waals surface area contributed by atoms with Crippen LogP contribution in [0.5, 0.6) is 0 Å². The van der Waals surface area contributed by atoms with Crippen molar-refractivity contribution < 1.29 is 9.90 Å². The average Bonchev–Trinajstić information content (AvgIpc) is 2.48. The second-order valence-corrected chi connectivity index (χ2v) is 3.59. The number of aromatic carboxylic acids is 1. The Morgan fingerprint density at radius 3 is 2.93 bits per heavy atom. The molecule has 0 radical (unpaired) electrons. The molecule has 3 nitrogen and oxygen atoms in total. The van der Waals surface area contributed by atoms with E-state index >= 15 is 0 Å². The van der Waals surface area contributed by atoms with E-state index in [-0.39, 0.29) is 5.56 Å². The zero-order valence-electron chi connectivity index (χ0n) is 7.54. The molecule has 0 atom stereocenters. The van der Waals surface area contributed by atoms with Gasteiger partial charge in [0.2, 0.25) is 0 Å². The van der Waals surface area contributed by atoms with Crippen molar-refractivity contribution in [2.75, 3.05) is 0 Å². The van der Waals surface area contributed by atoms with Gasteiger partial charge in [0.25, 0.3) is 0 Å². The molecule has 0 unspecified atom stereocenters. The monoisotopic (exact) mass is 209 g/mol. The van der Waals surface area contributed by atoms with Crippen molar-refractivity contribution in [1.82, 2.24) is 0 Å². The lowest BCUT2D eigenvalue weighted by Crippen LogP contribution is -2.01. The minimum atomic E-state index is -0.938. The predicted octanol–water partition coefficient (Wildman–Crippen LogP) is 2.19. The van der Waals surface area contributed by atoms with E-state index in [2.05, 4.69) is 4.99 Å². The van der Waals surface area contributed by atoms with Gasteiger partial charge in [0, 0.05) is 5.56 Å². The zero-order chi connectivity index (χ0) is 10.3. The summed E-state index contributed by atoms with van der Waals surface area (Å²) in [6.45, 7) is 2.43. The maximum atomic E-state index is 10.8. The van der Waals surface area contributed by atoms with E-state index in [0.717, 1.165) is 16.7 Å². The Balaban J connectivity index is 2.63. The molecule has 0 bridgehead atoms. The molecule has 0 saturated heterocycles. The third-order valence-electron chi connectivity index (χ3n) is 2.32. The molecule has 0 aromatic heterocycles. The molecule has 1 aromatic rings. The van der Waals surface area contributed by atoms with Crippen molar-refractivity contribution in [2.45, 2.75) is 13.5 Å². The Morgan fingerprint density at radius 2 is 2.29 bits per heavy atom. The molecule has 1 aliphatic rings. The first-order valence-corrected chi connectivity index (χ1v) is 4.54. The number of benzene rings is 1. The number of hydrogen-bond acceptors (Lipinski definition) is 2. The number of halogens is 1. The summed E-state index contributed by atoms with van der Waals surface area (Å²) in [4.78, 5) is 14.8. The number of nitrogens with zero attached hydrogens (tertiary/aromatic N) is 1. The van der Waals surface area contributed by atoms with E-state index in [0.29, 0.717) is 11.7 Å². The number of hydrogen-bond donors (Lipinski definition) is 1. The van der Waals surface area contributed by atoms with E-state index in [9.17, 15) is 4.79 Å². The summed E-state index contributed by atoms with van der Waals surface area (Å²) in [5, 5.41) is 9.25. The molecule has 1 aliphatic heterocycles. The van der Waals surface area contributed by atoms with Crippen LogP contribution in [0.15, 0.2) is 17.1 Å². The fraction of sp³-hybridized carbons (Fsp3) is 0.200. The van der Waals surface area contributed by atoms with Crippen LogP contribution >= 0.6 is 11.6 Å². The first-order chi connectivity index (χ1) is 6.59. The van der Waals surface area contributed by atoms with Crippen LogP contribution in [0.4, 0.5) is 0 Å². The number of carboxylic acids is 1. The number of rotatable bonds is 1.